The Balaban J connectivity index is 1.16. The Morgan fingerprint density at radius 1 is 0.963 bits per heavy atom. The molecule has 0 saturated carbocycles. The van der Waals surface area contributed by atoms with Gasteiger partial charge in [-0.2, -0.15) is 0 Å². The smallest absolute Gasteiger partial charge is 0.231 e. The number of nitrogens with zero attached hydrogens (tertiary/aromatic N) is 1. The molecule has 1 atom stereocenters. The molecule has 0 aromatic heterocycles. The molecule has 0 bridgehead atoms. The standard InChI is InChI=1S/C21H23NO5/c1-3-19-16(5-7-24-19)9-15(1)11-22-6-8-23-18(12-22)13-25-17-2-4-20-21(10-17)27-14-26-20/h1-4,9-10,18H,5-8,11-14H2. The van der Waals surface area contributed by atoms with E-state index < -0.39 is 0 Å². The summed E-state index contributed by atoms with van der Waals surface area (Å²) in [4.78, 5) is 2.43. The fourth-order valence-corrected chi connectivity index (χ4v) is 3.78. The normalized spacial score (nSPS) is 21.0. The Morgan fingerprint density at radius 3 is 2.89 bits per heavy atom. The van der Waals surface area contributed by atoms with Crippen LogP contribution in [0.25, 0.3) is 0 Å². The van der Waals surface area contributed by atoms with Gasteiger partial charge in [-0.05, 0) is 29.3 Å². The molecule has 6 heteroatoms. The Kier molecular flexibility index (Phi) is 4.51. The molecule has 6 nitrogen and oxygen atoms in total. The molecule has 2 aromatic carbocycles. The molecule has 0 amide bonds. The third-order valence-electron chi connectivity index (χ3n) is 5.16. The summed E-state index contributed by atoms with van der Waals surface area (Å²) in [5.74, 6) is 3.32. The molecule has 0 radical (unpaired) electrons. The van der Waals surface area contributed by atoms with Crippen LogP contribution < -0.4 is 18.9 Å². The lowest BCUT2D eigenvalue weighted by molar-refractivity contribution is -0.0504. The molecule has 3 heterocycles. The highest BCUT2D eigenvalue weighted by Gasteiger charge is 2.22. The van der Waals surface area contributed by atoms with Crippen LogP contribution in [-0.4, -0.2) is 50.7 Å². The minimum absolute atomic E-state index is 0.0573. The zero-order valence-electron chi connectivity index (χ0n) is 15.2. The van der Waals surface area contributed by atoms with Crippen LogP contribution in [0.5, 0.6) is 23.0 Å². The molecule has 3 aliphatic heterocycles. The second kappa shape index (κ2) is 7.29. The van der Waals surface area contributed by atoms with Crippen molar-refractivity contribution in [2.45, 2.75) is 19.1 Å². The number of benzene rings is 2. The van der Waals surface area contributed by atoms with E-state index >= 15 is 0 Å². The van der Waals surface area contributed by atoms with Crippen LogP contribution in [-0.2, 0) is 17.7 Å². The summed E-state index contributed by atoms with van der Waals surface area (Å²) in [6, 6.07) is 12.2. The maximum atomic E-state index is 5.93. The van der Waals surface area contributed by atoms with E-state index in [1.54, 1.807) is 0 Å². The monoisotopic (exact) mass is 369 g/mol. The Labute approximate surface area is 158 Å². The molecule has 27 heavy (non-hydrogen) atoms. The van der Waals surface area contributed by atoms with Gasteiger partial charge < -0.3 is 23.7 Å². The number of hydrogen-bond acceptors (Lipinski definition) is 6. The van der Waals surface area contributed by atoms with Crippen molar-refractivity contribution < 1.29 is 23.7 Å². The van der Waals surface area contributed by atoms with Crippen molar-refractivity contribution in [3.8, 4) is 23.0 Å². The van der Waals surface area contributed by atoms with Gasteiger partial charge in [0, 0.05) is 32.1 Å². The number of fused-ring (bicyclic) bond motifs is 2. The molecule has 1 unspecified atom stereocenters. The van der Waals surface area contributed by atoms with E-state index in [0.29, 0.717) is 6.61 Å². The van der Waals surface area contributed by atoms with Gasteiger partial charge in [-0.1, -0.05) is 12.1 Å². The highest BCUT2D eigenvalue weighted by Crippen LogP contribution is 2.35. The quantitative estimate of drug-likeness (QED) is 0.808. The highest BCUT2D eigenvalue weighted by atomic mass is 16.7. The summed E-state index contributed by atoms with van der Waals surface area (Å²) in [5, 5.41) is 0. The molecular formula is C21H23NO5. The van der Waals surface area contributed by atoms with E-state index in [1.165, 1.54) is 11.1 Å². The van der Waals surface area contributed by atoms with Gasteiger partial charge in [0.2, 0.25) is 6.79 Å². The zero-order chi connectivity index (χ0) is 18.1. The number of morpholine rings is 1. The summed E-state index contributed by atoms with van der Waals surface area (Å²) >= 11 is 0. The lowest BCUT2D eigenvalue weighted by Gasteiger charge is -2.32. The van der Waals surface area contributed by atoms with Crippen molar-refractivity contribution in [2.75, 3.05) is 39.7 Å². The number of ether oxygens (including phenoxy) is 5. The van der Waals surface area contributed by atoms with E-state index in [1.807, 2.05) is 18.2 Å². The third kappa shape index (κ3) is 3.68. The minimum atomic E-state index is 0.0573. The fraction of sp³-hybridized carbons (Fsp3) is 0.429. The lowest BCUT2D eigenvalue weighted by atomic mass is 10.1. The predicted molar refractivity (Wildman–Crippen MR) is 98.7 cm³/mol. The average molecular weight is 369 g/mol. The van der Waals surface area contributed by atoms with Gasteiger partial charge in [0.15, 0.2) is 11.5 Å². The molecule has 0 spiro atoms. The molecule has 1 saturated heterocycles. The molecule has 1 fully saturated rings. The summed E-state index contributed by atoms with van der Waals surface area (Å²) in [6.07, 6.45) is 1.07. The number of hydrogen-bond donors (Lipinski definition) is 0. The van der Waals surface area contributed by atoms with Crippen molar-refractivity contribution in [3.05, 3.63) is 47.5 Å². The topological polar surface area (TPSA) is 49.4 Å². The van der Waals surface area contributed by atoms with Gasteiger partial charge in [-0.25, -0.2) is 0 Å². The van der Waals surface area contributed by atoms with Gasteiger partial charge in [0.1, 0.15) is 24.2 Å². The van der Waals surface area contributed by atoms with Gasteiger partial charge in [-0.15, -0.1) is 0 Å². The molecule has 5 rings (SSSR count). The molecule has 0 N–H and O–H groups in total. The first-order valence-electron chi connectivity index (χ1n) is 9.44. The van der Waals surface area contributed by atoms with E-state index in [9.17, 15) is 0 Å². The average Bonchev–Trinajstić information content (AvgIpc) is 3.35. The Hall–Kier alpha value is -2.44. The Morgan fingerprint density at radius 2 is 1.89 bits per heavy atom. The summed E-state index contributed by atoms with van der Waals surface area (Å²) in [5.41, 5.74) is 2.65. The van der Waals surface area contributed by atoms with Gasteiger partial charge in [0.05, 0.1) is 13.2 Å². The van der Waals surface area contributed by atoms with E-state index in [0.717, 1.165) is 62.3 Å². The predicted octanol–water partition coefficient (Wildman–Crippen LogP) is 2.63. The maximum Gasteiger partial charge on any atom is 0.231 e. The molecule has 142 valence electrons. The van der Waals surface area contributed by atoms with Crippen LogP contribution in [0.2, 0.25) is 0 Å². The first-order valence-corrected chi connectivity index (χ1v) is 9.44. The minimum Gasteiger partial charge on any atom is -0.493 e. The van der Waals surface area contributed by atoms with Crippen LogP contribution in [0.3, 0.4) is 0 Å². The van der Waals surface area contributed by atoms with Crippen LogP contribution >= 0.6 is 0 Å². The largest absolute Gasteiger partial charge is 0.493 e. The van der Waals surface area contributed by atoms with Crippen molar-refractivity contribution in [1.82, 2.24) is 4.90 Å². The van der Waals surface area contributed by atoms with E-state index in [4.69, 9.17) is 23.7 Å². The highest BCUT2D eigenvalue weighted by molar-refractivity contribution is 5.46. The van der Waals surface area contributed by atoms with Crippen LogP contribution in [0, 0.1) is 0 Å². The van der Waals surface area contributed by atoms with Crippen molar-refractivity contribution in [3.63, 3.8) is 0 Å². The second-order valence-corrected chi connectivity index (χ2v) is 7.09. The SMILES string of the molecule is c1cc2c(cc1CN1CCOC(COc3ccc4c(c3)OCO4)C1)CCO2. The van der Waals surface area contributed by atoms with Crippen LogP contribution in [0.1, 0.15) is 11.1 Å². The molecule has 0 aliphatic carbocycles. The van der Waals surface area contributed by atoms with Crippen LogP contribution in [0.15, 0.2) is 36.4 Å². The van der Waals surface area contributed by atoms with Crippen molar-refractivity contribution in [2.24, 2.45) is 0 Å². The van der Waals surface area contributed by atoms with Gasteiger partial charge in [0.25, 0.3) is 0 Å². The van der Waals surface area contributed by atoms with E-state index in [-0.39, 0.29) is 12.9 Å². The van der Waals surface area contributed by atoms with Crippen LogP contribution in [0.4, 0.5) is 0 Å². The first-order chi connectivity index (χ1) is 13.3. The van der Waals surface area contributed by atoms with Gasteiger partial charge in [-0.3, -0.25) is 4.90 Å². The number of rotatable bonds is 5. The maximum absolute atomic E-state index is 5.93. The zero-order valence-corrected chi connectivity index (χ0v) is 15.2. The second-order valence-electron chi connectivity index (χ2n) is 7.09. The summed E-state index contributed by atoms with van der Waals surface area (Å²) in [7, 11) is 0. The molecule has 2 aromatic rings. The first kappa shape index (κ1) is 16.7. The van der Waals surface area contributed by atoms with Crippen molar-refractivity contribution >= 4 is 0 Å². The van der Waals surface area contributed by atoms with Gasteiger partial charge >= 0.3 is 0 Å². The van der Waals surface area contributed by atoms with E-state index in [2.05, 4.69) is 23.1 Å². The Bertz CT molecular complexity index is 824. The molecule has 3 aliphatic rings. The summed E-state index contributed by atoms with van der Waals surface area (Å²) < 4.78 is 28.1. The summed E-state index contributed by atoms with van der Waals surface area (Å²) in [6.45, 7) is 5.05. The lowest BCUT2D eigenvalue weighted by Crippen LogP contribution is -2.44. The fourth-order valence-electron chi connectivity index (χ4n) is 3.78. The third-order valence-corrected chi connectivity index (χ3v) is 5.16. The van der Waals surface area contributed by atoms with Crippen molar-refractivity contribution in [1.29, 1.82) is 0 Å². The molecular weight excluding hydrogens is 346 g/mol.